The molecule has 1 unspecified atom stereocenters. The molecule has 1 amide bonds. The molecule has 3 fully saturated rings. The number of rotatable bonds is 7. The van der Waals surface area contributed by atoms with Crippen LogP contribution in [0.3, 0.4) is 0 Å². The summed E-state index contributed by atoms with van der Waals surface area (Å²) in [5, 5.41) is 11.3. The molecule has 0 aromatic rings. The van der Waals surface area contributed by atoms with Crippen molar-refractivity contribution < 1.29 is 38.4 Å². The van der Waals surface area contributed by atoms with E-state index >= 15 is 0 Å². The second-order valence-corrected chi connectivity index (χ2v) is 14.8. The fourth-order valence-corrected chi connectivity index (χ4v) is 7.56. The molecule has 0 aromatic heterocycles. The maximum atomic E-state index is 14.0. The number of likely N-dealkylation sites (N-methyl/N-ethyl adjacent to an activating group) is 3. The van der Waals surface area contributed by atoms with Gasteiger partial charge >= 0.3 is 5.97 Å². The molecule has 0 bridgehead atoms. The summed E-state index contributed by atoms with van der Waals surface area (Å²) in [6, 6.07) is -0.185. The number of hydrogen-bond donors (Lipinski definition) is 1. The van der Waals surface area contributed by atoms with Crippen molar-refractivity contribution in [3.8, 4) is 0 Å². The number of Topliss-reactive ketones (excluding diaryl/α,β-unsaturated/α-hetero) is 1. The lowest BCUT2D eigenvalue weighted by molar-refractivity contribution is -0.295. The summed E-state index contributed by atoms with van der Waals surface area (Å²) in [5.74, 6) is -2.47. The fraction of sp³-hybridized carbons (Fsp3) is 0.912. The van der Waals surface area contributed by atoms with Crippen LogP contribution in [0, 0.1) is 17.8 Å². The Morgan fingerprint density at radius 2 is 1.74 bits per heavy atom. The highest BCUT2D eigenvalue weighted by Gasteiger charge is 2.50. The predicted octanol–water partition coefficient (Wildman–Crippen LogP) is 1.87. The highest BCUT2D eigenvalue weighted by atomic mass is 16.7. The zero-order chi connectivity index (χ0) is 34.6. The summed E-state index contributed by atoms with van der Waals surface area (Å²) in [6.45, 7) is 14.5. The van der Waals surface area contributed by atoms with Crippen LogP contribution in [0.4, 0.5) is 0 Å². The van der Waals surface area contributed by atoms with Gasteiger partial charge in [-0.3, -0.25) is 24.2 Å². The first-order valence-corrected chi connectivity index (χ1v) is 17.1. The van der Waals surface area contributed by atoms with Crippen molar-refractivity contribution >= 4 is 17.7 Å². The lowest BCUT2D eigenvalue weighted by Crippen LogP contribution is -2.60. The Hall–Kier alpha value is -1.67. The molecule has 0 aromatic carbocycles. The Kier molecular flexibility index (Phi) is 13.6. The van der Waals surface area contributed by atoms with E-state index in [1.165, 1.54) is 0 Å². The van der Waals surface area contributed by atoms with Gasteiger partial charge in [-0.25, -0.2) is 0 Å². The zero-order valence-corrected chi connectivity index (χ0v) is 30.3. The Morgan fingerprint density at radius 3 is 2.30 bits per heavy atom. The number of ketones is 1. The number of methoxy groups -OCH3 is 1. The standard InChI is InChI=1S/C34H62N4O8/c1-12-36(9)20-27(39)38-15-13-34(14-16-38)21-44-31(42)25(5)28(40)24(4)30(33(6,43-11)18-22(2)19-37(34)10)46-32-29(41)26(35(7)8)17-23(3)45-32/h22-26,29-30,32,41H,12-21H2,1-11H3/t22-,23-,24+,25?,26+,29-,30-,32+,33-/m1/s1. The van der Waals surface area contributed by atoms with Gasteiger partial charge in [-0.2, -0.15) is 0 Å². The summed E-state index contributed by atoms with van der Waals surface area (Å²) in [4.78, 5) is 48.5. The van der Waals surface area contributed by atoms with Crippen LogP contribution in [0.5, 0.6) is 0 Å². The van der Waals surface area contributed by atoms with Gasteiger partial charge in [0.05, 0.1) is 29.9 Å². The SMILES string of the molecule is CCN(C)CC(=O)N1CCC2(CC1)COC(=O)C(C)C(=O)[C@H](C)[C@@H](O[C@@H]1O[C@H](C)C[C@H](N(C)C)[C@H]1O)[C@](C)(OC)C[C@@H](C)CN2C. The van der Waals surface area contributed by atoms with Gasteiger partial charge in [-0.1, -0.05) is 20.8 Å². The van der Waals surface area contributed by atoms with Gasteiger partial charge in [0.2, 0.25) is 5.91 Å². The number of likely N-dealkylation sites (tertiary alicyclic amines) is 1. The minimum Gasteiger partial charge on any atom is -0.463 e. The smallest absolute Gasteiger partial charge is 0.316 e. The van der Waals surface area contributed by atoms with Crippen molar-refractivity contribution in [3.63, 3.8) is 0 Å². The molecule has 266 valence electrons. The molecule has 3 heterocycles. The van der Waals surface area contributed by atoms with E-state index < -0.39 is 47.4 Å². The molecule has 1 N–H and O–H groups in total. The number of nitrogens with zero attached hydrogens (tertiary/aromatic N) is 4. The third-order valence-electron chi connectivity index (χ3n) is 10.9. The molecule has 1 spiro atoms. The summed E-state index contributed by atoms with van der Waals surface area (Å²) in [5.41, 5.74) is -1.42. The van der Waals surface area contributed by atoms with Crippen molar-refractivity contribution in [2.75, 3.05) is 74.6 Å². The van der Waals surface area contributed by atoms with Crippen molar-refractivity contribution in [3.05, 3.63) is 0 Å². The largest absolute Gasteiger partial charge is 0.463 e. The monoisotopic (exact) mass is 654 g/mol. The van der Waals surface area contributed by atoms with Crippen LogP contribution in [0.2, 0.25) is 0 Å². The Labute approximate surface area is 277 Å². The third-order valence-corrected chi connectivity index (χ3v) is 10.9. The molecule has 3 rings (SSSR count). The normalized spacial score (nSPS) is 37.1. The van der Waals surface area contributed by atoms with E-state index in [0.717, 1.165) is 6.54 Å². The van der Waals surface area contributed by atoms with Gasteiger partial charge in [0, 0.05) is 38.7 Å². The molecule has 46 heavy (non-hydrogen) atoms. The van der Waals surface area contributed by atoms with Crippen LogP contribution in [0.1, 0.15) is 67.2 Å². The van der Waals surface area contributed by atoms with Gasteiger partial charge < -0.3 is 33.9 Å². The van der Waals surface area contributed by atoms with Crippen LogP contribution < -0.4 is 0 Å². The number of amides is 1. The molecule has 0 aliphatic carbocycles. The molecular weight excluding hydrogens is 592 g/mol. The van der Waals surface area contributed by atoms with E-state index in [2.05, 4.69) is 18.9 Å². The number of carbonyl (C=O) groups is 3. The maximum absolute atomic E-state index is 14.0. The highest BCUT2D eigenvalue weighted by Crippen LogP contribution is 2.38. The number of hydrogen-bond acceptors (Lipinski definition) is 11. The number of piperidine rings is 1. The quantitative estimate of drug-likeness (QED) is 0.320. The maximum Gasteiger partial charge on any atom is 0.316 e. The van der Waals surface area contributed by atoms with Crippen LogP contribution in [0.25, 0.3) is 0 Å². The average Bonchev–Trinajstić information content (AvgIpc) is 3.02. The number of aliphatic hydroxyl groups excluding tert-OH is 1. The summed E-state index contributed by atoms with van der Waals surface area (Å²) in [6.07, 6.45) is -0.393. The zero-order valence-electron chi connectivity index (χ0n) is 30.3. The Balaban J connectivity index is 1.91. The van der Waals surface area contributed by atoms with Gasteiger partial charge in [-0.15, -0.1) is 0 Å². The molecule has 0 saturated carbocycles. The minimum atomic E-state index is -1.03. The second-order valence-electron chi connectivity index (χ2n) is 14.8. The van der Waals surface area contributed by atoms with Gasteiger partial charge in [0.25, 0.3) is 0 Å². The van der Waals surface area contributed by atoms with Gasteiger partial charge in [0.1, 0.15) is 18.6 Å². The predicted molar refractivity (Wildman–Crippen MR) is 175 cm³/mol. The van der Waals surface area contributed by atoms with Crippen LogP contribution >= 0.6 is 0 Å². The van der Waals surface area contributed by atoms with Crippen LogP contribution in [0.15, 0.2) is 0 Å². The second kappa shape index (κ2) is 16.2. The van der Waals surface area contributed by atoms with Crippen LogP contribution in [-0.2, 0) is 33.3 Å². The number of ether oxygens (including phenoxy) is 4. The summed E-state index contributed by atoms with van der Waals surface area (Å²) < 4.78 is 24.9. The number of carbonyl (C=O) groups excluding carboxylic acids is 3. The molecule has 9 atom stereocenters. The number of esters is 1. The van der Waals surface area contributed by atoms with Gasteiger partial charge in [0.15, 0.2) is 12.1 Å². The number of aliphatic hydroxyl groups is 1. The van der Waals surface area contributed by atoms with Gasteiger partial charge in [-0.05, 0) is 87.1 Å². The first-order valence-electron chi connectivity index (χ1n) is 17.1. The van der Waals surface area contributed by atoms with E-state index in [4.69, 9.17) is 18.9 Å². The first-order chi connectivity index (χ1) is 21.5. The first kappa shape index (κ1) is 38.8. The van der Waals surface area contributed by atoms with E-state index in [1.54, 1.807) is 21.0 Å². The van der Waals surface area contributed by atoms with E-state index in [-0.39, 0.29) is 36.4 Å². The van der Waals surface area contributed by atoms with E-state index in [0.29, 0.717) is 51.9 Å². The lowest BCUT2D eigenvalue weighted by Gasteiger charge is -2.48. The Bertz CT molecular complexity index is 1040. The third kappa shape index (κ3) is 8.86. The van der Waals surface area contributed by atoms with Crippen molar-refractivity contribution in [1.82, 2.24) is 19.6 Å². The molecular formula is C34H62N4O8. The molecule has 3 aliphatic heterocycles. The highest BCUT2D eigenvalue weighted by molar-refractivity contribution is 6.00. The molecule has 3 saturated heterocycles. The van der Waals surface area contributed by atoms with Crippen molar-refractivity contribution in [2.45, 2.75) is 109 Å². The lowest BCUT2D eigenvalue weighted by atomic mass is 9.78. The fourth-order valence-electron chi connectivity index (χ4n) is 7.56. The summed E-state index contributed by atoms with van der Waals surface area (Å²) >= 11 is 0. The Morgan fingerprint density at radius 1 is 1.11 bits per heavy atom. The average molecular weight is 655 g/mol. The van der Waals surface area contributed by atoms with Crippen molar-refractivity contribution in [1.29, 1.82) is 0 Å². The number of cyclic esters (lactones) is 1. The van der Waals surface area contributed by atoms with Crippen LogP contribution in [-0.4, -0.2) is 159 Å². The van der Waals surface area contributed by atoms with E-state index in [1.807, 2.05) is 56.6 Å². The molecule has 3 aliphatic rings. The van der Waals surface area contributed by atoms with E-state index in [9.17, 15) is 19.5 Å². The summed E-state index contributed by atoms with van der Waals surface area (Å²) in [7, 11) is 9.44. The minimum absolute atomic E-state index is 0.0950. The van der Waals surface area contributed by atoms with Crippen molar-refractivity contribution in [2.24, 2.45) is 17.8 Å². The molecule has 0 radical (unpaired) electrons. The topological polar surface area (TPSA) is 121 Å². The molecule has 12 heteroatoms. The molecule has 12 nitrogen and oxygen atoms in total.